The first kappa shape index (κ1) is 29.1. The summed E-state index contributed by atoms with van der Waals surface area (Å²) in [5.41, 5.74) is 7.61. The van der Waals surface area contributed by atoms with Crippen LogP contribution >= 0.6 is 0 Å². The highest BCUT2D eigenvalue weighted by Gasteiger charge is 2.29. The Bertz CT molecular complexity index is 1800. The monoisotopic (exact) mass is 587 g/mol. The van der Waals surface area contributed by atoms with Crippen LogP contribution in [0.5, 0.6) is 0 Å². The van der Waals surface area contributed by atoms with Crippen molar-refractivity contribution in [3.05, 3.63) is 114 Å². The van der Waals surface area contributed by atoms with Gasteiger partial charge in [0.2, 0.25) is 0 Å². The molecule has 6 rings (SSSR count). The van der Waals surface area contributed by atoms with E-state index < -0.39 is 11.7 Å². The molecule has 3 aromatic heterocycles. The van der Waals surface area contributed by atoms with Gasteiger partial charge in [-0.05, 0) is 73.5 Å². The number of carbonyl (C=O) groups is 2. The molecule has 1 fully saturated rings. The highest BCUT2D eigenvalue weighted by atomic mass is 16.5. The topological polar surface area (TPSA) is 70.4 Å². The summed E-state index contributed by atoms with van der Waals surface area (Å²) < 4.78 is 7.34. The molecule has 1 saturated heterocycles. The van der Waals surface area contributed by atoms with Crippen molar-refractivity contribution in [3.63, 3.8) is 0 Å². The molecule has 2 aromatic carbocycles. The van der Waals surface area contributed by atoms with E-state index in [4.69, 9.17) is 9.72 Å². The number of hydrogen-bond donors (Lipinski definition) is 0. The third kappa shape index (κ3) is 5.68. The van der Waals surface area contributed by atoms with E-state index in [2.05, 4.69) is 34.9 Å². The van der Waals surface area contributed by atoms with Gasteiger partial charge in [-0.25, -0.2) is 4.98 Å². The zero-order valence-corrected chi connectivity index (χ0v) is 25.7. The van der Waals surface area contributed by atoms with Crippen molar-refractivity contribution in [3.8, 4) is 11.1 Å². The van der Waals surface area contributed by atoms with Crippen LogP contribution in [0.25, 0.3) is 16.6 Å². The molecule has 0 radical (unpaired) electrons. The van der Waals surface area contributed by atoms with Crippen LogP contribution in [-0.4, -0.2) is 61.4 Å². The first-order valence-corrected chi connectivity index (χ1v) is 14.9. The van der Waals surface area contributed by atoms with E-state index in [0.29, 0.717) is 18.0 Å². The Morgan fingerprint density at radius 3 is 2.32 bits per heavy atom. The molecular weight excluding hydrogens is 550 g/mol. The number of piperazine rings is 1. The number of benzene rings is 2. The molecule has 0 saturated carbocycles. The largest absolute Gasteiger partial charge is 0.380 e. The minimum atomic E-state index is -0.606. The number of nitrogens with zero attached hydrogens (tertiary/aromatic N) is 5. The predicted octanol–water partition coefficient (Wildman–Crippen LogP) is 5.94. The van der Waals surface area contributed by atoms with Gasteiger partial charge in [0, 0.05) is 80.2 Å². The molecule has 1 amide bonds. The molecule has 44 heavy (non-hydrogen) atoms. The number of rotatable bonds is 8. The number of fused-ring (bicyclic) bond motifs is 1. The van der Waals surface area contributed by atoms with Gasteiger partial charge in [-0.15, -0.1) is 0 Å². The maximum absolute atomic E-state index is 13.9. The van der Waals surface area contributed by atoms with Crippen LogP contribution in [0.4, 0.5) is 17.2 Å². The second-order valence-electron chi connectivity index (χ2n) is 11.3. The number of ketones is 1. The minimum Gasteiger partial charge on any atom is -0.380 e. The lowest BCUT2D eigenvalue weighted by Crippen LogP contribution is -2.47. The van der Waals surface area contributed by atoms with Crippen LogP contribution < -0.4 is 14.7 Å². The maximum atomic E-state index is 13.9. The Hall–Kier alpha value is -4.95. The molecule has 4 heterocycles. The molecule has 8 nitrogen and oxygen atoms in total. The number of amides is 1. The fourth-order valence-electron chi connectivity index (χ4n) is 6.10. The van der Waals surface area contributed by atoms with E-state index in [0.717, 1.165) is 65.6 Å². The predicted molar refractivity (Wildman–Crippen MR) is 176 cm³/mol. The van der Waals surface area contributed by atoms with Crippen molar-refractivity contribution in [1.82, 2.24) is 9.38 Å². The number of methoxy groups -OCH3 is 1. The summed E-state index contributed by atoms with van der Waals surface area (Å²) in [4.78, 5) is 38.6. The molecule has 1 aliphatic rings. The third-order valence-corrected chi connectivity index (χ3v) is 8.26. The maximum Gasteiger partial charge on any atom is 0.300 e. The van der Waals surface area contributed by atoms with Crippen LogP contribution in [0.2, 0.25) is 0 Å². The quantitative estimate of drug-likeness (QED) is 0.165. The number of pyridine rings is 2. The third-order valence-electron chi connectivity index (χ3n) is 8.26. The molecule has 5 aromatic rings. The van der Waals surface area contributed by atoms with Crippen LogP contribution in [0.3, 0.4) is 0 Å². The number of likely N-dealkylation sites (N-methyl/N-ethyl adjacent to an activating group) is 1. The lowest BCUT2D eigenvalue weighted by molar-refractivity contribution is -0.114. The summed E-state index contributed by atoms with van der Waals surface area (Å²) in [6.07, 6.45) is 1.82. The van der Waals surface area contributed by atoms with E-state index >= 15 is 0 Å². The summed E-state index contributed by atoms with van der Waals surface area (Å²) >= 11 is 0. The summed E-state index contributed by atoms with van der Waals surface area (Å²) in [7, 11) is 3.29. The first-order valence-electron chi connectivity index (χ1n) is 14.9. The van der Waals surface area contributed by atoms with Crippen LogP contribution in [0.15, 0.2) is 91.1 Å². The molecule has 0 spiro atoms. The number of ether oxygens (including phenoxy) is 1. The van der Waals surface area contributed by atoms with E-state index in [1.165, 1.54) is 10.5 Å². The summed E-state index contributed by atoms with van der Waals surface area (Å²) in [6, 6.07) is 27.6. The highest BCUT2D eigenvalue weighted by molar-refractivity contribution is 6.47. The Balaban J connectivity index is 1.25. The zero-order chi connectivity index (χ0) is 30.8. The standard InChI is InChI=1S/C36H37N5O3/c1-25-20-26(2)37-33(21-25)40-18-16-39(17-19-40)29-13-14-32(28(22-29)24-44-4)38(3)36(43)35(42)34-31(27-10-6-5-7-11-27)23-30-12-8-9-15-41(30)34/h5-15,20-23H,16-19,24H2,1-4H3. The second kappa shape index (κ2) is 12.3. The van der Waals surface area contributed by atoms with Crippen LogP contribution in [0.1, 0.15) is 27.3 Å². The molecule has 0 bridgehead atoms. The molecule has 0 N–H and O–H groups in total. The lowest BCUT2D eigenvalue weighted by atomic mass is 10.0. The minimum absolute atomic E-state index is 0.310. The fraction of sp³-hybridized carbons (Fsp3) is 0.250. The normalized spacial score (nSPS) is 13.4. The van der Waals surface area contributed by atoms with Crippen molar-refractivity contribution < 1.29 is 14.3 Å². The zero-order valence-electron chi connectivity index (χ0n) is 25.7. The van der Waals surface area contributed by atoms with Gasteiger partial charge in [-0.2, -0.15) is 0 Å². The van der Waals surface area contributed by atoms with Gasteiger partial charge in [0.15, 0.2) is 0 Å². The molecule has 0 unspecified atom stereocenters. The van der Waals surface area contributed by atoms with Gasteiger partial charge in [0.1, 0.15) is 11.5 Å². The fourth-order valence-corrected chi connectivity index (χ4v) is 6.10. The molecule has 8 heteroatoms. The van der Waals surface area contributed by atoms with Gasteiger partial charge in [0.05, 0.1) is 6.61 Å². The first-order chi connectivity index (χ1) is 21.3. The van der Waals surface area contributed by atoms with Gasteiger partial charge in [-0.3, -0.25) is 9.59 Å². The van der Waals surface area contributed by atoms with Gasteiger partial charge >= 0.3 is 5.91 Å². The van der Waals surface area contributed by atoms with Crippen molar-refractivity contribution in [1.29, 1.82) is 0 Å². The van der Waals surface area contributed by atoms with Gasteiger partial charge < -0.3 is 23.8 Å². The number of Topliss-reactive ketones (excluding diaryl/α,β-unsaturated/α-hetero) is 1. The number of anilines is 3. The van der Waals surface area contributed by atoms with Crippen molar-refractivity contribution in [2.24, 2.45) is 0 Å². The summed E-state index contributed by atoms with van der Waals surface area (Å²) in [5.74, 6) is -0.152. The summed E-state index contributed by atoms with van der Waals surface area (Å²) in [5, 5.41) is 0. The number of carbonyl (C=O) groups excluding carboxylic acids is 2. The lowest BCUT2D eigenvalue weighted by Gasteiger charge is -2.37. The van der Waals surface area contributed by atoms with Gasteiger partial charge in [-0.1, -0.05) is 36.4 Å². The Morgan fingerprint density at radius 1 is 0.864 bits per heavy atom. The molecule has 0 atom stereocenters. The highest BCUT2D eigenvalue weighted by Crippen LogP contribution is 2.31. The Labute approximate surface area is 258 Å². The van der Waals surface area contributed by atoms with Crippen LogP contribution in [-0.2, 0) is 16.1 Å². The average molecular weight is 588 g/mol. The second-order valence-corrected chi connectivity index (χ2v) is 11.3. The molecule has 1 aliphatic heterocycles. The number of hydrogen-bond acceptors (Lipinski definition) is 6. The molecule has 224 valence electrons. The summed E-state index contributed by atoms with van der Waals surface area (Å²) in [6.45, 7) is 7.85. The Morgan fingerprint density at radius 2 is 1.59 bits per heavy atom. The van der Waals surface area contributed by atoms with E-state index in [1.54, 1.807) is 18.6 Å². The van der Waals surface area contributed by atoms with Gasteiger partial charge in [0.25, 0.3) is 5.78 Å². The SMILES string of the molecule is COCc1cc(N2CCN(c3cc(C)cc(C)n3)CC2)ccc1N(C)C(=O)C(=O)c1c(-c2ccccc2)cc2ccccn12. The smallest absolute Gasteiger partial charge is 0.300 e. The van der Waals surface area contributed by atoms with Crippen molar-refractivity contribution in [2.45, 2.75) is 20.5 Å². The number of aromatic nitrogens is 2. The van der Waals surface area contributed by atoms with Crippen molar-refractivity contribution >= 4 is 34.4 Å². The average Bonchev–Trinajstić information content (AvgIpc) is 3.44. The molecular formula is C36H37N5O3. The van der Waals surface area contributed by atoms with E-state index in [1.807, 2.05) is 79.9 Å². The van der Waals surface area contributed by atoms with Crippen molar-refractivity contribution in [2.75, 3.05) is 55.0 Å². The van der Waals surface area contributed by atoms with E-state index in [-0.39, 0.29) is 0 Å². The van der Waals surface area contributed by atoms with Crippen LogP contribution in [0, 0.1) is 13.8 Å². The number of aryl methyl sites for hydroxylation is 2. The van der Waals surface area contributed by atoms with E-state index in [9.17, 15) is 9.59 Å². The molecule has 0 aliphatic carbocycles. The Kier molecular flexibility index (Phi) is 8.17.